The molecule has 1 aliphatic heterocycles. The average molecular weight is 229 g/mol. The Morgan fingerprint density at radius 1 is 1.56 bits per heavy atom. The van der Waals surface area contributed by atoms with Crippen molar-refractivity contribution in [3.05, 3.63) is 0 Å². The molecular weight excluding hydrogens is 206 g/mol. The quantitative estimate of drug-likeness (QED) is 0.728. The predicted octanol–water partition coefficient (Wildman–Crippen LogP) is 0.685. The number of hydrogen-bond acceptors (Lipinski definition) is 4. The van der Waals surface area contributed by atoms with Crippen molar-refractivity contribution in [2.45, 2.75) is 32.7 Å². The van der Waals surface area contributed by atoms with E-state index in [1.54, 1.807) is 0 Å². The lowest BCUT2D eigenvalue weighted by atomic mass is 9.99. The smallest absolute Gasteiger partial charge is 0.141 e. The van der Waals surface area contributed by atoms with E-state index < -0.39 is 0 Å². The number of aliphatic hydroxyl groups excluding tert-OH is 1. The molecule has 0 amide bonds. The van der Waals surface area contributed by atoms with Crippen LogP contribution in [0.1, 0.15) is 26.7 Å². The first-order valence-electron chi connectivity index (χ1n) is 6.10. The first-order chi connectivity index (χ1) is 7.65. The fourth-order valence-corrected chi connectivity index (χ4v) is 1.97. The van der Waals surface area contributed by atoms with Crippen molar-refractivity contribution in [2.24, 2.45) is 5.92 Å². The number of ether oxygens (including phenoxy) is 1. The second kappa shape index (κ2) is 6.99. The topological polar surface area (TPSA) is 49.8 Å². The third kappa shape index (κ3) is 4.20. The number of hydrogen-bond donors (Lipinski definition) is 1. The zero-order chi connectivity index (χ0) is 12.0. The van der Waals surface area contributed by atoms with Gasteiger partial charge in [0.15, 0.2) is 0 Å². The first-order valence-corrected chi connectivity index (χ1v) is 6.10. The average Bonchev–Trinajstić information content (AvgIpc) is 2.26. The summed E-state index contributed by atoms with van der Waals surface area (Å²) in [6, 6.07) is 0.404. The highest BCUT2D eigenvalue weighted by atomic mass is 16.5. The molecule has 1 aliphatic rings. The number of carbonyl (C=O) groups excluding carboxylic acids is 1. The van der Waals surface area contributed by atoms with Gasteiger partial charge in [-0.1, -0.05) is 0 Å². The largest absolute Gasteiger partial charge is 0.396 e. The van der Waals surface area contributed by atoms with Crippen molar-refractivity contribution in [1.82, 2.24) is 4.90 Å². The van der Waals surface area contributed by atoms with Crippen molar-refractivity contribution in [1.29, 1.82) is 0 Å². The Balaban J connectivity index is 2.42. The van der Waals surface area contributed by atoms with Crippen LogP contribution < -0.4 is 0 Å². The zero-order valence-electron chi connectivity index (χ0n) is 10.3. The molecule has 1 fully saturated rings. The number of aliphatic hydroxyl groups is 1. The second-order valence-electron chi connectivity index (χ2n) is 4.65. The maximum absolute atomic E-state index is 11.7. The van der Waals surface area contributed by atoms with Crippen molar-refractivity contribution in [3.8, 4) is 0 Å². The van der Waals surface area contributed by atoms with Crippen LogP contribution in [-0.4, -0.2) is 54.7 Å². The molecule has 0 bridgehead atoms. The predicted molar refractivity (Wildman–Crippen MR) is 62.3 cm³/mol. The molecule has 0 aromatic carbocycles. The van der Waals surface area contributed by atoms with Gasteiger partial charge in [-0.15, -0.1) is 0 Å². The molecule has 16 heavy (non-hydrogen) atoms. The van der Waals surface area contributed by atoms with Gasteiger partial charge in [-0.25, -0.2) is 0 Å². The van der Waals surface area contributed by atoms with Gasteiger partial charge >= 0.3 is 0 Å². The van der Waals surface area contributed by atoms with Crippen LogP contribution in [0.25, 0.3) is 0 Å². The molecule has 1 heterocycles. The maximum Gasteiger partial charge on any atom is 0.141 e. The Hall–Kier alpha value is -0.450. The highest BCUT2D eigenvalue weighted by Crippen LogP contribution is 2.13. The Labute approximate surface area is 97.6 Å². The van der Waals surface area contributed by atoms with Gasteiger partial charge < -0.3 is 14.7 Å². The van der Waals surface area contributed by atoms with Crippen molar-refractivity contribution in [3.63, 3.8) is 0 Å². The normalized spacial score (nSPS) is 22.1. The summed E-state index contributed by atoms with van der Waals surface area (Å²) >= 11 is 0. The van der Waals surface area contributed by atoms with Crippen LogP contribution in [0, 0.1) is 5.92 Å². The molecule has 1 unspecified atom stereocenters. The second-order valence-corrected chi connectivity index (χ2v) is 4.65. The molecular formula is C12H23NO3. The van der Waals surface area contributed by atoms with E-state index in [2.05, 4.69) is 18.7 Å². The summed E-state index contributed by atoms with van der Waals surface area (Å²) in [5, 5.41) is 8.84. The fraction of sp³-hybridized carbons (Fsp3) is 0.917. The van der Waals surface area contributed by atoms with Gasteiger partial charge in [0.05, 0.1) is 19.1 Å². The van der Waals surface area contributed by atoms with Crippen LogP contribution in [0.3, 0.4) is 0 Å². The molecule has 4 heteroatoms. The maximum atomic E-state index is 11.7. The minimum atomic E-state index is 0.0230. The molecule has 1 N–H and O–H groups in total. The van der Waals surface area contributed by atoms with E-state index in [9.17, 15) is 4.79 Å². The monoisotopic (exact) mass is 229 g/mol. The molecule has 94 valence electrons. The summed E-state index contributed by atoms with van der Waals surface area (Å²) in [6.07, 6.45) is 1.32. The summed E-state index contributed by atoms with van der Waals surface area (Å²) in [7, 11) is 0. The van der Waals surface area contributed by atoms with Gasteiger partial charge in [0.2, 0.25) is 0 Å². The Bertz CT molecular complexity index is 218. The summed E-state index contributed by atoms with van der Waals surface area (Å²) in [4.78, 5) is 13.9. The van der Waals surface area contributed by atoms with E-state index in [-0.39, 0.29) is 12.5 Å². The third-order valence-corrected chi connectivity index (χ3v) is 3.06. The molecule has 0 radical (unpaired) electrons. The molecule has 0 aromatic rings. The van der Waals surface area contributed by atoms with Crippen LogP contribution in [0.4, 0.5) is 0 Å². The van der Waals surface area contributed by atoms with Gasteiger partial charge in [0.25, 0.3) is 0 Å². The van der Waals surface area contributed by atoms with E-state index in [0.717, 1.165) is 19.5 Å². The third-order valence-electron chi connectivity index (χ3n) is 3.06. The summed E-state index contributed by atoms with van der Waals surface area (Å²) < 4.78 is 5.34. The Morgan fingerprint density at radius 3 is 2.88 bits per heavy atom. The van der Waals surface area contributed by atoms with E-state index in [1.807, 2.05) is 0 Å². The number of Topliss-reactive ketones (excluding diaryl/α,β-unsaturated/α-hetero) is 1. The van der Waals surface area contributed by atoms with E-state index in [1.165, 1.54) is 0 Å². The lowest BCUT2D eigenvalue weighted by Crippen LogP contribution is -2.42. The van der Waals surface area contributed by atoms with Crippen LogP contribution in [0.15, 0.2) is 0 Å². The van der Waals surface area contributed by atoms with E-state index >= 15 is 0 Å². The molecule has 0 spiro atoms. The number of nitrogens with zero attached hydrogens (tertiary/aromatic N) is 1. The summed E-state index contributed by atoms with van der Waals surface area (Å²) in [6.45, 7) is 7.18. The zero-order valence-corrected chi connectivity index (χ0v) is 10.3. The van der Waals surface area contributed by atoms with Crippen LogP contribution in [0.2, 0.25) is 0 Å². The number of ketones is 1. The summed E-state index contributed by atoms with van der Waals surface area (Å²) in [5.74, 6) is 0.343. The highest BCUT2D eigenvalue weighted by Gasteiger charge is 2.25. The Morgan fingerprint density at radius 2 is 2.31 bits per heavy atom. The van der Waals surface area contributed by atoms with Gasteiger partial charge in [-0.2, -0.15) is 0 Å². The SMILES string of the molecule is CC(C)N(CCCO)CC1COCCC1=O. The molecule has 1 atom stereocenters. The van der Waals surface area contributed by atoms with Crippen LogP contribution in [0.5, 0.6) is 0 Å². The van der Waals surface area contributed by atoms with Gasteiger partial charge in [-0.05, 0) is 20.3 Å². The number of carbonyl (C=O) groups is 1. The minimum Gasteiger partial charge on any atom is -0.396 e. The molecule has 0 aliphatic carbocycles. The first kappa shape index (κ1) is 13.6. The molecule has 0 aromatic heterocycles. The standard InChI is InChI=1S/C12H23NO3/c1-10(2)13(5-3-6-14)8-11-9-16-7-4-12(11)15/h10-11,14H,3-9H2,1-2H3. The van der Waals surface area contributed by atoms with E-state index in [0.29, 0.717) is 31.5 Å². The lowest BCUT2D eigenvalue weighted by molar-refractivity contribution is -0.131. The minimum absolute atomic E-state index is 0.0230. The van der Waals surface area contributed by atoms with E-state index in [4.69, 9.17) is 9.84 Å². The molecule has 0 saturated carbocycles. The summed E-state index contributed by atoms with van der Waals surface area (Å²) in [5.41, 5.74) is 0. The fourth-order valence-electron chi connectivity index (χ4n) is 1.97. The molecule has 1 rings (SSSR count). The molecule has 4 nitrogen and oxygen atoms in total. The van der Waals surface area contributed by atoms with Crippen LogP contribution in [-0.2, 0) is 9.53 Å². The van der Waals surface area contributed by atoms with Gasteiger partial charge in [0.1, 0.15) is 5.78 Å². The Kier molecular flexibility index (Phi) is 5.95. The van der Waals surface area contributed by atoms with Crippen molar-refractivity contribution < 1.29 is 14.6 Å². The van der Waals surface area contributed by atoms with Gasteiger partial charge in [0, 0.05) is 32.2 Å². The van der Waals surface area contributed by atoms with Crippen LogP contribution >= 0.6 is 0 Å². The van der Waals surface area contributed by atoms with Crippen molar-refractivity contribution in [2.75, 3.05) is 32.9 Å². The lowest BCUT2D eigenvalue weighted by Gasteiger charge is -2.31. The highest BCUT2D eigenvalue weighted by molar-refractivity contribution is 5.82. The number of rotatable bonds is 6. The van der Waals surface area contributed by atoms with Crippen molar-refractivity contribution >= 4 is 5.78 Å². The molecule has 1 saturated heterocycles. The van der Waals surface area contributed by atoms with Gasteiger partial charge in [-0.3, -0.25) is 4.79 Å².